The van der Waals surface area contributed by atoms with Crippen LogP contribution in [0.5, 0.6) is 0 Å². The first kappa shape index (κ1) is 17.2. The number of fused-ring (bicyclic) bond motifs is 1. The highest BCUT2D eigenvalue weighted by molar-refractivity contribution is 7.10. The summed E-state index contributed by atoms with van der Waals surface area (Å²) in [6.45, 7) is 1.89. The monoisotopic (exact) mass is 356 g/mol. The van der Waals surface area contributed by atoms with E-state index >= 15 is 0 Å². The molecule has 0 N–H and O–H groups in total. The number of carbonyl (C=O) groups is 1. The molecular formula is C17H19F3N2OS. The molecule has 0 saturated heterocycles. The maximum atomic E-state index is 13.2. The quantitative estimate of drug-likeness (QED) is 0.784. The molecule has 0 amide bonds. The molecule has 0 spiro atoms. The van der Waals surface area contributed by atoms with Crippen LogP contribution >= 0.6 is 11.3 Å². The lowest BCUT2D eigenvalue weighted by Gasteiger charge is -2.15. The van der Waals surface area contributed by atoms with E-state index in [1.165, 1.54) is 4.68 Å². The minimum absolute atomic E-state index is 0.0750. The normalized spacial score (nSPS) is 16.0. The van der Waals surface area contributed by atoms with Crippen molar-refractivity contribution in [1.29, 1.82) is 0 Å². The molecule has 1 aliphatic rings. The molecule has 1 atom stereocenters. The van der Waals surface area contributed by atoms with Gasteiger partial charge >= 0.3 is 6.18 Å². The fraction of sp³-hybridized carbons (Fsp3) is 0.529. The van der Waals surface area contributed by atoms with Crippen molar-refractivity contribution < 1.29 is 18.0 Å². The van der Waals surface area contributed by atoms with Crippen molar-refractivity contribution in [2.45, 2.75) is 57.7 Å². The summed E-state index contributed by atoms with van der Waals surface area (Å²) in [6.07, 6.45) is -1.60. The van der Waals surface area contributed by atoms with Crippen LogP contribution in [0.4, 0.5) is 13.2 Å². The summed E-state index contributed by atoms with van der Waals surface area (Å²) in [5.41, 5.74) is 0.0647. The third-order valence-corrected chi connectivity index (χ3v) is 5.52. The lowest BCUT2D eigenvalue weighted by Crippen LogP contribution is -2.17. The zero-order chi connectivity index (χ0) is 17.3. The summed E-state index contributed by atoms with van der Waals surface area (Å²) < 4.78 is 40.8. The number of carbonyl (C=O) groups excluding carboxylic acids is 1. The number of hydrogen-bond acceptors (Lipinski definition) is 3. The Morgan fingerprint density at radius 2 is 2.12 bits per heavy atom. The number of thiophene rings is 1. The van der Waals surface area contributed by atoms with Crippen molar-refractivity contribution in [2.24, 2.45) is 0 Å². The molecule has 3 nitrogen and oxygen atoms in total. The predicted molar refractivity (Wildman–Crippen MR) is 86.2 cm³/mol. The van der Waals surface area contributed by atoms with Gasteiger partial charge in [0.1, 0.15) is 0 Å². The topological polar surface area (TPSA) is 34.9 Å². The van der Waals surface area contributed by atoms with Gasteiger partial charge in [-0.25, -0.2) is 0 Å². The highest BCUT2D eigenvalue weighted by Crippen LogP contribution is 2.36. The highest BCUT2D eigenvalue weighted by Gasteiger charge is 2.39. The highest BCUT2D eigenvalue weighted by atomic mass is 32.1. The Kier molecular flexibility index (Phi) is 4.80. The van der Waals surface area contributed by atoms with E-state index in [9.17, 15) is 18.0 Å². The SMILES string of the molecule is CC(CC(=O)Cn1nc(C(F)(F)F)c2c1CCCC2)c1cccs1. The number of alkyl halides is 3. The Morgan fingerprint density at radius 1 is 1.38 bits per heavy atom. The van der Waals surface area contributed by atoms with Crippen LogP contribution in [0.15, 0.2) is 17.5 Å². The molecule has 24 heavy (non-hydrogen) atoms. The van der Waals surface area contributed by atoms with Crippen LogP contribution in [0.2, 0.25) is 0 Å². The zero-order valence-corrected chi connectivity index (χ0v) is 14.2. The van der Waals surface area contributed by atoms with Crippen molar-refractivity contribution in [1.82, 2.24) is 9.78 Å². The fourth-order valence-electron chi connectivity index (χ4n) is 3.27. The second-order valence-corrected chi connectivity index (χ2v) is 7.27. The van der Waals surface area contributed by atoms with E-state index in [2.05, 4.69) is 5.10 Å². The molecule has 1 unspecified atom stereocenters. The average molecular weight is 356 g/mol. The van der Waals surface area contributed by atoms with Crippen LogP contribution < -0.4 is 0 Å². The summed E-state index contributed by atoms with van der Waals surface area (Å²) in [7, 11) is 0. The summed E-state index contributed by atoms with van der Waals surface area (Å²) in [5.74, 6) is -0.00790. The smallest absolute Gasteiger partial charge is 0.298 e. The molecular weight excluding hydrogens is 337 g/mol. The van der Waals surface area contributed by atoms with Gasteiger partial charge in [-0.1, -0.05) is 13.0 Å². The Hall–Kier alpha value is -1.63. The Bertz CT molecular complexity index is 719. The van der Waals surface area contributed by atoms with E-state index in [4.69, 9.17) is 0 Å². The van der Waals surface area contributed by atoms with Crippen LogP contribution in [-0.2, 0) is 30.4 Å². The molecule has 7 heteroatoms. The van der Waals surface area contributed by atoms with Gasteiger partial charge in [0.05, 0.1) is 6.54 Å². The van der Waals surface area contributed by atoms with Gasteiger partial charge < -0.3 is 0 Å². The lowest BCUT2D eigenvalue weighted by molar-refractivity contribution is -0.142. The molecule has 0 radical (unpaired) electrons. The van der Waals surface area contributed by atoms with Gasteiger partial charge in [-0.2, -0.15) is 18.3 Å². The second kappa shape index (κ2) is 6.70. The number of nitrogens with zero attached hydrogens (tertiary/aromatic N) is 2. The minimum Gasteiger partial charge on any atom is -0.298 e. The molecule has 2 aromatic heterocycles. The lowest BCUT2D eigenvalue weighted by atomic mass is 9.95. The third-order valence-electron chi connectivity index (χ3n) is 4.41. The first-order valence-electron chi connectivity index (χ1n) is 8.07. The van der Waals surface area contributed by atoms with Crippen molar-refractivity contribution in [3.05, 3.63) is 39.3 Å². The molecule has 3 rings (SSSR count). The Morgan fingerprint density at radius 3 is 2.79 bits per heavy atom. The maximum Gasteiger partial charge on any atom is 0.435 e. The van der Waals surface area contributed by atoms with E-state index < -0.39 is 11.9 Å². The number of aromatic nitrogens is 2. The number of Topliss-reactive ketones (excluding diaryl/α,β-unsaturated/α-hetero) is 1. The Labute approximate surface area is 142 Å². The fourth-order valence-corrected chi connectivity index (χ4v) is 4.06. The summed E-state index contributed by atoms with van der Waals surface area (Å²) in [4.78, 5) is 13.4. The number of rotatable bonds is 5. The van der Waals surface area contributed by atoms with Gasteiger partial charge in [-0.05, 0) is 43.0 Å². The van der Waals surface area contributed by atoms with Gasteiger partial charge in [-0.3, -0.25) is 9.48 Å². The van der Waals surface area contributed by atoms with Gasteiger partial charge in [-0.15, -0.1) is 11.3 Å². The van der Waals surface area contributed by atoms with Crippen LogP contribution in [0, 0.1) is 0 Å². The molecule has 2 heterocycles. The standard InChI is InChI=1S/C17H19F3N2OS/c1-11(15-7-4-8-24-15)9-12(23)10-22-14-6-3-2-5-13(14)16(21-22)17(18,19)20/h4,7-8,11H,2-3,5-6,9-10H2,1H3. The maximum absolute atomic E-state index is 13.2. The van der Waals surface area contributed by atoms with Crippen molar-refractivity contribution in [3.63, 3.8) is 0 Å². The largest absolute Gasteiger partial charge is 0.435 e. The number of ketones is 1. The molecule has 0 aromatic carbocycles. The number of hydrogen-bond donors (Lipinski definition) is 0. The number of halogens is 3. The first-order chi connectivity index (χ1) is 11.4. The Balaban J connectivity index is 1.77. The second-order valence-electron chi connectivity index (χ2n) is 6.30. The molecule has 130 valence electrons. The third kappa shape index (κ3) is 3.55. The summed E-state index contributed by atoms with van der Waals surface area (Å²) in [6, 6.07) is 3.90. The van der Waals surface area contributed by atoms with Crippen LogP contribution in [0.1, 0.15) is 53.9 Å². The summed E-state index contributed by atoms with van der Waals surface area (Å²) >= 11 is 1.59. The van der Waals surface area contributed by atoms with Gasteiger partial charge in [0, 0.05) is 22.6 Å². The van der Waals surface area contributed by atoms with Crippen molar-refractivity contribution >= 4 is 17.1 Å². The molecule has 2 aromatic rings. The minimum atomic E-state index is -4.46. The average Bonchev–Trinajstić information content (AvgIpc) is 3.15. The van der Waals surface area contributed by atoms with E-state index in [1.807, 2.05) is 24.4 Å². The summed E-state index contributed by atoms with van der Waals surface area (Å²) in [5, 5.41) is 5.70. The van der Waals surface area contributed by atoms with E-state index in [0.29, 0.717) is 25.0 Å². The molecule has 0 bridgehead atoms. The molecule has 1 aliphatic carbocycles. The molecule has 0 fully saturated rings. The van der Waals surface area contributed by atoms with Crippen LogP contribution in [0.25, 0.3) is 0 Å². The molecule has 0 saturated carbocycles. The van der Waals surface area contributed by atoms with Gasteiger partial charge in [0.15, 0.2) is 11.5 Å². The van der Waals surface area contributed by atoms with E-state index in [0.717, 1.165) is 17.7 Å². The van der Waals surface area contributed by atoms with Gasteiger partial charge in [0.2, 0.25) is 0 Å². The van der Waals surface area contributed by atoms with E-state index in [1.54, 1.807) is 11.3 Å². The van der Waals surface area contributed by atoms with Crippen LogP contribution in [0.3, 0.4) is 0 Å². The van der Waals surface area contributed by atoms with Crippen molar-refractivity contribution in [2.75, 3.05) is 0 Å². The van der Waals surface area contributed by atoms with Crippen LogP contribution in [-0.4, -0.2) is 15.6 Å². The van der Waals surface area contributed by atoms with Gasteiger partial charge in [0.25, 0.3) is 0 Å². The molecule has 0 aliphatic heterocycles. The van der Waals surface area contributed by atoms with E-state index in [-0.39, 0.29) is 23.8 Å². The zero-order valence-electron chi connectivity index (χ0n) is 13.4. The predicted octanol–water partition coefficient (Wildman–Crippen LogP) is 4.61. The van der Waals surface area contributed by atoms with Crippen molar-refractivity contribution in [3.8, 4) is 0 Å². The first-order valence-corrected chi connectivity index (χ1v) is 8.95.